The maximum absolute atomic E-state index is 11.5. The van der Waals surface area contributed by atoms with E-state index < -0.39 is 0 Å². The number of fused-ring (bicyclic) bond motifs is 1. The van der Waals surface area contributed by atoms with E-state index in [4.69, 9.17) is 0 Å². The summed E-state index contributed by atoms with van der Waals surface area (Å²) in [5, 5.41) is 0. The molecule has 0 aromatic heterocycles. The molecule has 0 heterocycles. The van der Waals surface area contributed by atoms with E-state index in [1.807, 2.05) is 12.3 Å². The average molecular weight is 204 g/mol. The second kappa shape index (κ2) is 3.42. The van der Waals surface area contributed by atoms with E-state index in [0.717, 1.165) is 4.90 Å². The quantitative estimate of drug-likeness (QED) is 0.658. The molecule has 0 saturated heterocycles. The van der Waals surface area contributed by atoms with Crippen molar-refractivity contribution in [3.63, 3.8) is 0 Å². The molecular formula is C11H8O2S. The Balaban J connectivity index is 2.61. The number of carbonyl (C=O) groups is 2. The normalized spacial score (nSPS) is 14.4. The van der Waals surface area contributed by atoms with Gasteiger partial charge in [-0.3, -0.25) is 9.59 Å². The Hall–Kier alpha value is -1.35. The summed E-state index contributed by atoms with van der Waals surface area (Å²) >= 11 is 1.56. The number of thioether (sulfide) groups is 1. The third-order valence-corrected chi connectivity index (χ3v) is 2.87. The van der Waals surface area contributed by atoms with Crippen LogP contribution in [-0.2, 0) is 0 Å². The zero-order valence-corrected chi connectivity index (χ0v) is 8.43. The molecule has 0 saturated carbocycles. The SMILES string of the molecule is CSc1ccc2c(c1)C(=O)C=CC2=O. The molecule has 0 spiro atoms. The van der Waals surface area contributed by atoms with Gasteiger partial charge in [-0.2, -0.15) is 0 Å². The van der Waals surface area contributed by atoms with Crippen molar-refractivity contribution in [1.82, 2.24) is 0 Å². The van der Waals surface area contributed by atoms with Gasteiger partial charge in [0.2, 0.25) is 0 Å². The fourth-order valence-corrected chi connectivity index (χ4v) is 1.84. The van der Waals surface area contributed by atoms with E-state index in [1.54, 1.807) is 23.9 Å². The maximum Gasteiger partial charge on any atom is 0.186 e. The first-order valence-electron chi connectivity index (χ1n) is 4.17. The van der Waals surface area contributed by atoms with Gasteiger partial charge in [0.05, 0.1) is 0 Å². The standard InChI is InChI=1S/C11H8O2S/c1-14-7-2-3-8-9(6-7)11(13)5-4-10(8)12/h2-6H,1H3. The Bertz CT molecular complexity index is 447. The van der Waals surface area contributed by atoms with Gasteiger partial charge >= 0.3 is 0 Å². The molecule has 3 heteroatoms. The second-order valence-corrected chi connectivity index (χ2v) is 3.85. The maximum atomic E-state index is 11.5. The molecule has 0 atom stereocenters. The van der Waals surface area contributed by atoms with Gasteiger partial charge in [0.15, 0.2) is 11.6 Å². The summed E-state index contributed by atoms with van der Waals surface area (Å²) < 4.78 is 0. The van der Waals surface area contributed by atoms with Crippen LogP contribution in [0.5, 0.6) is 0 Å². The van der Waals surface area contributed by atoms with Crippen LogP contribution in [0.2, 0.25) is 0 Å². The Morgan fingerprint density at radius 1 is 1.00 bits per heavy atom. The molecule has 0 aliphatic heterocycles. The van der Waals surface area contributed by atoms with Crippen LogP contribution in [0.1, 0.15) is 20.7 Å². The van der Waals surface area contributed by atoms with E-state index in [-0.39, 0.29) is 11.6 Å². The summed E-state index contributed by atoms with van der Waals surface area (Å²) in [6, 6.07) is 5.34. The number of rotatable bonds is 1. The number of benzene rings is 1. The van der Waals surface area contributed by atoms with Crippen molar-refractivity contribution in [2.24, 2.45) is 0 Å². The molecule has 70 valence electrons. The second-order valence-electron chi connectivity index (χ2n) is 2.97. The van der Waals surface area contributed by atoms with Crippen molar-refractivity contribution in [3.8, 4) is 0 Å². The first kappa shape index (κ1) is 9.21. The van der Waals surface area contributed by atoms with E-state index in [1.165, 1.54) is 12.2 Å². The predicted molar refractivity (Wildman–Crippen MR) is 56.0 cm³/mol. The number of allylic oxidation sites excluding steroid dienone is 2. The van der Waals surface area contributed by atoms with Gasteiger partial charge in [0, 0.05) is 16.0 Å². The van der Waals surface area contributed by atoms with Crippen molar-refractivity contribution >= 4 is 23.3 Å². The van der Waals surface area contributed by atoms with Gasteiger partial charge in [-0.15, -0.1) is 11.8 Å². The smallest absolute Gasteiger partial charge is 0.186 e. The molecule has 0 amide bonds. The van der Waals surface area contributed by atoms with Crippen LogP contribution in [-0.4, -0.2) is 17.8 Å². The number of ketones is 2. The number of hydrogen-bond donors (Lipinski definition) is 0. The Kier molecular flexibility index (Phi) is 2.25. The molecule has 2 rings (SSSR count). The van der Waals surface area contributed by atoms with Gasteiger partial charge in [-0.05, 0) is 36.6 Å². The molecule has 1 aromatic carbocycles. The minimum Gasteiger partial charge on any atom is -0.289 e. The fourth-order valence-electron chi connectivity index (χ4n) is 1.40. The Morgan fingerprint density at radius 3 is 2.29 bits per heavy atom. The largest absolute Gasteiger partial charge is 0.289 e. The molecule has 1 aliphatic rings. The van der Waals surface area contributed by atoms with Crippen molar-refractivity contribution < 1.29 is 9.59 Å². The van der Waals surface area contributed by atoms with E-state index >= 15 is 0 Å². The van der Waals surface area contributed by atoms with Gasteiger partial charge in [0.25, 0.3) is 0 Å². The summed E-state index contributed by atoms with van der Waals surface area (Å²) in [6.45, 7) is 0. The molecule has 1 aromatic rings. The number of carbonyl (C=O) groups excluding carboxylic acids is 2. The van der Waals surface area contributed by atoms with Crippen LogP contribution in [0.15, 0.2) is 35.2 Å². The van der Waals surface area contributed by atoms with Crippen molar-refractivity contribution in [3.05, 3.63) is 41.5 Å². The van der Waals surface area contributed by atoms with Crippen LogP contribution in [0.4, 0.5) is 0 Å². The molecular weight excluding hydrogens is 196 g/mol. The van der Waals surface area contributed by atoms with Crippen LogP contribution < -0.4 is 0 Å². The summed E-state index contributed by atoms with van der Waals surface area (Å²) in [5.41, 5.74) is 1.03. The fraction of sp³-hybridized carbons (Fsp3) is 0.0909. The molecule has 2 nitrogen and oxygen atoms in total. The Morgan fingerprint density at radius 2 is 1.64 bits per heavy atom. The highest BCUT2D eigenvalue weighted by atomic mass is 32.2. The highest BCUT2D eigenvalue weighted by Gasteiger charge is 2.18. The highest BCUT2D eigenvalue weighted by molar-refractivity contribution is 7.98. The van der Waals surface area contributed by atoms with Crippen LogP contribution in [0.25, 0.3) is 0 Å². The van der Waals surface area contributed by atoms with Crippen LogP contribution in [0, 0.1) is 0 Å². The van der Waals surface area contributed by atoms with Gasteiger partial charge in [0.1, 0.15) is 0 Å². The lowest BCUT2D eigenvalue weighted by Crippen LogP contribution is -2.11. The zero-order chi connectivity index (χ0) is 10.1. The molecule has 14 heavy (non-hydrogen) atoms. The minimum atomic E-state index is -0.0905. The van der Waals surface area contributed by atoms with Crippen molar-refractivity contribution in [1.29, 1.82) is 0 Å². The molecule has 0 N–H and O–H groups in total. The Labute approximate surface area is 86.0 Å². The molecule has 0 unspecified atom stereocenters. The third kappa shape index (κ3) is 1.40. The van der Waals surface area contributed by atoms with Gasteiger partial charge in [-0.25, -0.2) is 0 Å². The summed E-state index contributed by atoms with van der Waals surface area (Å²) in [7, 11) is 0. The van der Waals surface area contributed by atoms with E-state index in [0.29, 0.717) is 11.1 Å². The lowest BCUT2D eigenvalue weighted by Gasteiger charge is -2.09. The number of hydrogen-bond acceptors (Lipinski definition) is 3. The summed E-state index contributed by atoms with van der Waals surface area (Å²) in [4.78, 5) is 23.8. The summed E-state index contributed by atoms with van der Waals surface area (Å²) in [5.74, 6) is -0.178. The zero-order valence-electron chi connectivity index (χ0n) is 7.61. The molecule has 0 bridgehead atoms. The predicted octanol–water partition coefficient (Wildman–Crippen LogP) is 2.34. The first-order valence-corrected chi connectivity index (χ1v) is 5.39. The van der Waals surface area contributed by atoms with Gasteiger partial charge in [-0.1, -0.05) is 0 Å². The molecule has 0 fully saturated rings. The van der Waals surface area contributed by atoms with Crippen molar-refractivity contribution in [2.75, 3.05) is 6.26 Å². The lowest BCUT2D eigenvalue weighted by molar-refractivity contribution is 0.0994. The first-order chi connectivity index (χ1) is 6.72. The monoisotopic (exact) mass is 204 g/mol. The van der Waals surface area contributed by atoms with E-state index in [2.05, 4.69) is 0 Å². The highest BCUT2D eigenvalue weighted by Crippen LogP contribution is 2.23. The van der Waals surface area contributed by atoms with Crippen molar-refractivity contribution in [2.45, 2.75) is 4.90 Å². The minimum absolute atomic E-state index is 0.0875. The topological polar surface area (TPSA) is 34.1 Å². The van der Waals surface area contributed by atoms with E-state index in [9.17, 15) is 9.59 Å². The summed E-state index contributed by atoms with van der Waals surface area (Å²) in [6.07, 6.45) is 4.59. The van der Waals surface area contributed by atoms with Crippen LogP contribution in [0.3, 0.4) is 0 Å². The molecule has 0 radical (unpaired) electrons. The van der Waals surface area contributed by atoms with Crippen LogP contribution >= 0.6 is 11.8 Å². The lowest BCUT2D eigenvalue weighted by atomic mass is 9.95. The molecule has 1 aliphatic carbocycles. The van der Waals surface area contributed by atoms with Gasteiger partial charge < -0.3 is 0 Å². The third-order valence-electron chi connectivity index (χ3n) is 2.14. The average Bonchev–Trinajstić information content (AvgIpc) is 2.23.